The highest BCUT2D eigenvalue weighted by molar-refractivity contribution is 5.92. The number of amides is 1. The zero-order valence-electron chi connectivity index (χ0n) is 8.86. The van der Waals surface area contributed by atoms with Gasteiger partial charge in [0.15, 0.2) is 0 Å². The highest BCUT2D eigenvalue weighted by Crippen LogP contribution is 2.18. The van der Waals surface area contributed by atoms with Gasteiger partial charge in [-0.3, -0.25) is 4.79 Å². The molecule has 0 atom stereocenters. The predicted molar refractivity (Wildman–Crippen MR) is 61.4 cm³/mol. The molecule has 78 valence electrons. The average Bonchev–Trinajstić information content (AvgIpc) is 3.01. The molecule has 0 heterocycles. The van der Waals surface area contributed by atoms with Crippen molar-refractivity contribution in [3.8, 4) is 0 Å². The summed E-state index contributed by atoms with van der Waals surface area (Å²) >= 11 is 0. The van der Waals surface area contributed by atoms with Crippen molar-refractivity contribution in [1.82, 2.24) is 5.32 Å². The number of benzene rings is 1. The summed E-state index contributed by atoms with van der Waals surface area (Å²) in [4.78, 5) is 11.3. The fourth-order valence-electron chi connectivity index (χ4n) is 1.33. The van der Waals surface area contributed by atoms with Crippen LogP contribution in [0.4, 0.5) is 0 Å². The molecule has 1 amide bonds. The van der Waals surface area contributed by atoms with E-state index in [1.807, 2.05) is 37.3 Å². The fourth-order valence-corrected chi connectivity index (χ4v) is 1.33. The van der Waals surface area contributed by atoms with Crippen molar-refractivity contribution < 1.29 is 4.79 Å². The van der Waals surface area contributed by atoms with Crippen LogP contribution in [-0.2, 0) is 4.79 Å². The van der Waals surface area contributed by atoms with Crippen molar-refractivity contribution in [2.45, 2.75) is 25.8 Å². The molecule has 1 aromatic carbocycles. The highest BCUT2D eigenvalue weighted by Gasteiger charge is 2.21. The molecule has 2 rings (SSSR count). The molecule has 0 aromatic heterocycles. The second-order valence-corrected chi connectivity index (χ2v) is 4.03. The SMILES string of the molecule is Cc1ccc(C=CC(=O)NC2CC2)cc1. The van der Waals surface area contributed by atoms with Crippen molar-refractivity contribution in [2.24, 2.45) is 0 Å². The molecule has 2 heteroatoms. The van der Waals surface area contributed by atoms with Gasteiger partial charge in [-0.15, -0.1) is 0 Å². The molecule has 0 spiro atoms. The van der Waals surface area contributed by atoms with Crippen LogP contribution in [0.5, 0.6) is 0 Å². The normalized spacial score (nSPS) is 15.5. The van der Waals surface area contributed by atoms with E-state index in [9.17, 15) is 4.79 Å². The molecule has 0 bridgehead atoms. The van der Waals surface area contributed by atoms with Gasteiger partial charge in [-0.05, 0) is 31.4 Å². The van der Waals surface area contributed by atoms with E-state index >= 15 is 0 Å². The quantitative estimate of drug-likeness (QED) is 0.747. The van der Waals surface area contributed by atoms with Gasteiger partial charge in [-0.25, -0.2) is 0 Å². The van der Waals surface area contributed by atoms with Gasteiger partial charge in [0.2, 0.25) is 5.91 Å². The number of nitrogens with one attached hydrogen (secondary N) is 1. The van der Waals surface area contributed by atoms with E-state index in [0.29, 0.717) is 6.04 Å². The third-order valence-electron chi connectivity index (χ3n) is 2.43. The third-order valence-corrected chi connectivity index (χ3v) is 2.43. The van der Waals surface area contributed by atoms with E-state index in [2.05, 4.69) is 5.32 Å². The molecule has 0 saturated heterocycles. The summed E-state index contributed by atoms with van der Waals surface area (Å²) in [7, 11) is 0. The van der Waals surface area contributed by atoms with Gasteiger partial charge in [0.1, 0.15) is 0 Å². The van der Waals surface area contributed by atoms with Gasteiger partial charge >= 0.3 is 0 Å². The zero-order valence-corrected chi connectivity index (χ0v) is 8.86. The average molecular weight is 201 g/mol. The van der Waals surface area contributed by atoms with Gasteiger partial charge < -0.3 is 5.32 Å². The summed E-state index contributed by atoms with van der Waals surface area (Å²) in [5, 5.41) is 2.91. The molecule has 1 N–H and O–H groups in total. The lowest BCUT2D eigenvalue weighted by Gasteiger charge is -1.97. The summed E-state index contributed by atoms with van der Waals surface area (Å²) in [6, 6.07) is 8.53. The maximum Gasteiger partial charge on any atom is 0.244 e. The van der Waals surface area contributed by atoms with Crippen molar-refractivity contribution in [3.63, 3.8) is 0 Å². The maximum atomic E-state index is 11.3. The minimum absolute atomic E-state index is 0.0121. The van der Waals surface area contributed by atoms with Crippen LogP contribution in [0.25, 0.3) is 6.08 Å². The monoisotopic (exact) mass is 201 g/mol. The number of carbonyl (C=O) groups excluding carboxylic acids is 1. The predicted octanol–water partition coefficient (Wildman–Crippen LogP) is 2.29. The lowest BCUT2D eigenvalue weighted by molar-refractivity contribution is -0.116. The number of carbonyl (C=O) groups is 1. The maximum absolute atomic E-state index is 11.3. The number of hydrogen-bond donors (Lipinski definition) is 1. The Labute approximate surface area is 90.0 Å². The summed E-state index contributed by atoms with van der Waals surface area (Å²) in [5.41, 5.74) is 2.29. The van der Waals surface area contributed by atoms with E-state index < -0.39 is 0 Å². The molecule has 1 aliphatic carbocycles. The standard InChI is InChI=1S/C13H15NO/c1-10-2-4-11(5-3-10)6-9-13(15)14-12-7-8-12/h2-6,9,12H,7-8H2,1H3,(H,14,15). The minimum atomic E-state index is 0.0121. The Hall–Kier alpha value is -1.57. The van der Waals surface area contributed by atoms with Crippen LogP contribution in [-0.4, -0.2) is 11.9 Å². The lowest BCUT2D eigenvalue weighted by atomic mass is 10.1. The third kappa shape index (κ3) is 3.24. The molecular formula is C13H15NO. The first-order valence-electron chi connectivity index (χ1n) is 5.29. The van der Waals surface area contributed by atoms with Crippen molar-refractivity contribution in [3.05, 3.63) is 41.5 Å². The summed E-state index contributed by atoms with van der Waals surface area (Å²) in [6.45, 7) is 2.05. The molecule has 0 radical (unpaired) electrons. The number of hydrogen-bond acceptors (Lipinski definition) is 1. The molecule has 0 unspecified atom stereocenters. The van der Waals surface area contributed by atoms with Crippen molar-refractivity contribution >= 4 is 12.0 Å². The van der Waals surface area contributed by atoms with Crippen LogP contribution in [0.15, 0.2) is 30.3 Å². The zero-order chi connectivity index (χ0) is 10.7. The van der Waals surface area contributed by atoms with Crippen LogP contribution < -0.4 is 5.32 Å². The Kier molecular flexibility index (Phi) is 2.86. The molecule has 15 heavy (non-hydrogen) atoms. The number of aryl methyl sites for hydroxylation is 1. The van der Waals surface area contributed by atoms with Crippen LogP contribution in [0, 0.1) is 6.92 Å². The summed E-state index contributed by atoms with van der Waals surface area (Å²) in [6.07, 6.45) is 5.70. The fraction of sp³-hybridized carbons (Fsp3) is 0.308. The Balaban J connectivity index is 1.91. The van der Waals surface area contributed by atoms with E-state index in [1.54, 1.807) is 6.08 Å². The summed E-state index contributed by atoms with van der Waals surface area (Å²) < 4.78 is 0. The van der Waals surface area contributed by atoms with Gasteiger partial charge in [0.05, 0.1) is 0 Å². The van der Waals surface area contributed by atoms with Crippen LogP contribution in [0.3, 0.4) is 0 Å². The van der Waals surface area contributed by atoms with Gasteiger partial charge in [-0.1, -0.05) is 29.8 Å². The molecule has 1 fully saturated rings. The summed E-state index contributed by atoms with van der Waals surface area (Å²) in [5.74, 6) is 0.0121. The molecule has 1 aliphatic rings. The first-order chi connectivity index (χ1) is 7.24. The van der Waals surface area contributed by atoms with Crippen LogP contribution in [0.1, 0.15) is 24.0 Å². The van der Waals surface area contributed by atoms with Crippen LogP contribution in [0.2, 0.25) is 0 Å². The Morgan fingerprint density at radius 1 is 1.33 bits per heavy atom. The van der Waals surface area contributed by atoms with Gasteiger partial charge in [0.25, 0.3) is 0 Å². The Morgan fingerprint density at radius 2 is 2.00 bits per heavy atom. The van der Waals surface area contributed by atoms with E-state index in [-0.39, 0.29) is 5.91 Å². The Morgan fingerprint density at radius 3 is 2.60 bits per heavy atom. The van der Waals surface area contributed by atoms with Gasteiger partial charge in [0, 0.05) is 12.1 Å². The minimum Gasteiger partial charge on any atom is -0.350 e. The second kappa shape index (κ2) is 4.30. The van der Waals surface area contributed by atoms with Gasteiger partial charge in [-0.2, -0.15) is 0 Å². The smallest absolute Gasteiger partial charge is 0.244 e. The van der Waals surface area contributed by atoms with E-state index in [0.717, 1.165) is 18.4 Å². The van der Waals surface area contributed by atoms with E-state index in [1.165, 1.54) is 5.56 Å². The van der Waals surface area contributed by atoms with Crippen molar-refractivity contribution in [2.75, 3.05) is 0 Å². The molecule has 2 nitrogen and oxygen atoms in total. The second-order valence-electron chi connectivity index (χ2n) is 4.03. The molecular weight excluding hydrogens is 186 g/mol. The molecule has 0 aliphatic heterocycles. The Bertz CT molecular complexity index is 374. The van der Waals surface area contributed by atoms with Crippen molar-refractivity contribution in [1.29, 1.82) is 0 Å². The molecule has 1 aromatic rings. The van der Waals surface area contributed by atoms with Crippen LogP contribution >= 0.6 is 0 Å². The topological polar surface area (TPSA) is 29.1 Å². The highest BCUT2D eigenvalue weighted by atomic mass is 16.1. The first kappa shape index (κ1) is 9.97. The largest absolute Gasteiger partial charge is 0.350 e. The first-order valence-corrected chi connectivity index (χ1v) is 5.29. The molecule has 1 saturated carbocycles. The lowest BCUT2D eigenvalue weighted by Crippen LogP contribution is -2.22. The van der Waals surface area contributed by atoms with E-state index in [4.69, 9.17) is 0 Å². The number of rotatable bonds is 3.